The number of halogens is 1. The predicted octanol–water partition coefficient (Wildman–Crippen LogP) is 2.98. The van der Waals surface area contributed by atoms with Crippen molar-refractivity contribution in [2.45, 2.75) is 39.2 Å². The molecule has 1 fully saturated rings. The van der Waals surface area contributed by atoms with E-state index in [0.717, 1.165) is 16.9 Å². The lowest BCUT2D eigenvalue weighted by atomic mass is 10.2. The van der Waals surface area contributed by atoms with Crippen molar-refractivity contribution in [3.05, 3.63) is 16.4 Å². The van der Waals surface area contributed by atoms with Crippen molar-refractivity contribution in [2.75, 3.05) is 0 Å². The molecule has 0 unspecified atom stereocenters. The SMILES string of the molecule is CC(C)Cn1n[c]c(Br)c1C1CC1. The van der Waals surface area contributed by atoms with Gasteiger partial charge in [0.25, 0.3) is 0 Å². The molecule has 0 saturated heterocycles. The van der Waals surface area contributed by atoms with Gasteiger partial charge in [-0.3, -0.25) is 4.68 Å². The molecule has 0 bridgehead atoms. The number of hydrogen-bond acceptors (Lipinski definition) is 1. The van der Waals surface area contributed by atoms with Gasteiger partial charge < -0.3 is 0 Å². The Hall–Kier alpha value is -0.310. The largest absolute Gasteiger partial charge is 0.267 e. The van der Waals surface area contributed by atoms with E-state index in [0.29, 0.717) is 5.92 Å². The monoisotopic (exact) mass is 241 g/mol. The fraction of sp³-hybridized carbons (Fsp3) is 0.700. The van der Waals surface area contributed by atoms with Crippen LogP contribution in [0.1, 0.15) is 38.3 Å². The fourth-order valence-corrected chi connectivity index (χ4v) is 2.17. The lowest BCUT2D eigenvalue weighted by Crippen LogP contribution is -2.09. The minimum atomic E-state index is 0.651. The Labute approximate surface area is 87.5 Å². The Kier molecular flexibility index (Phi) is 2.45. The molecule has 13 heavy (non-hydrogen) atoms. The third-order valence-electron chi connectivity index (χ3n) is 2.27. The van der Waals surface area contributed by atoms with Crippen LogP contribution in [0.3, 0.4) is 0 Å². The summed E-state index contributed by atoms with van der Waals surface area (Å²) in [5.41, 5.74) is 1.36. The van der Waals surface area contributed by atoms with Crippen LogP contribution >= 0.6 is 15.9 Å². The highest BCUT2D eigenvalue weighted by molar-refractivity contribution is 9.10. The maximum Gasteiger partial charge on any atom is 0.128 e. The van der Waals surface area contributed by atoms with Gasteiger partial charge in [-0.15, -0.1) is 0 Å². The van der Waals surface area contributed by atoms with E-state index in [4.69, 9.17) is 0 Å². The van der Waals surface area contributed by atoms with Crippen LogP contribution in [0.2, 0.25) is 0 Å². The molecule has 2 rings (SSSR count). The highest BCUT2D eigenvalue weighted by Crippen LogP contribution is 2.43. The van der Waals surface area contributed by atoms with Crippen molar-refractivity contribution < 1.29 is 0 Å². The van der Waals surface area contributed by atoms with Gasteiger partial charge in [-0.05, 0) is 34.7 Å². The van der Waals surface area contributed by atoms with Gasteiger partial charge in [0, 0.05) is 12.5 Å². The zero-order valence-electron chi connectivity index (χ0n) is 8.05. The molecule has 2 nitrogen and oxygen atoms in total. The Morgan fingerprint density at radius 2 is 2.31 bits per heavy atom. The van der Waals surface area contributed by atoms with Crippen LogP contribution in [0.15, 0.2) is 4.47 Å². The van der Waals surface area contributed by atoms with Gasteiger partial charge >= 0.3 is 0 Å². The third kappa shape index (κ3) is 1.96. The Morgan fingerprint density at radius 1 is 1.62 bits per heavy atom. The molecule has 71 valence electrons. The molecule has 1 aromatic rings. The van der Waals surface area contributed by atoms with E-state index in [1.807, 2.05) is 0 Å². The summed E-state index contributed by atoms with van der Waals surface area (Å²) in [5.74, 6) is 1.39. The summed E-state index contributed by atoms with van der Waals surface area (Å²) in [5, 5.41) is 4.26. The van der Waals surface area contributed by atoms with Crippen LogP contribution in [-0.4, -0.2) is 9.78 Å². The Balaban J connectivity index is 2.23. The van der Waals surface area contributed by atoms with Gasteiger partial charge in [0.15, 0.2) is 0 Å². The lowest BCUT2D eigenvalue weighted by molar-refractivity contribution is 0.468. The standard InChI is InChI=1S/C10H14BrN2/c1-7(2)6-13-10(8-3-4-8)9(11)5-12-13/h7-8H,3-4,6H2,1-2H3. The smallest absolute Gasteiger partial charge is 0.128 e. The van der Waals surface area contributed by atoms with Crippen LogP contribution in [0.5, 0.6) is 0 Å². The van der Waals surface area contributed by atoms with E-state index >= 15 is 0 Å². The van der Waals surface area contributed by atoms with Gasteiger partial charge in [-0.2, -0.15) is 5.10 Å². The molecule has 0 N–H and O–H groups in total. The fourth-order valence-electron chi connectivity index (χ4n) is 1.56. The topological polar surface area (TPSA) is 17.8 Å². The zero-order valence-corrected chi connectivity index (χ0v) is 9.63. The zero-order chi connectivity index (χ0) is 9.42. The first-order valence-corrected chi connectivity index (χ1v) is 5.61. The van der Waals surface area contributed by atoms with Crippen molar-refractivity contribution in [3.8, 4) is 0 Å². The molecule has 0 aromatic carbocycles. The summed E-state index contributed by atoms with van der Waals surface area (Å²) in [6, 6.07) is 0. The second-order valence-corrected chi connectivity index (χ2v) is 4.95. The Bertz CT molecular complexity index is 300. The molecule has 3 heteroatoms. The second-order valence-electron chi connectivity index (χ2n) is 4.16. The number of hydrogen-bond donors (Lipinski definition) is 0. The van der Waals surface area contributed by atoms with Gasteiger partial charge in [-0.25, -0.2) is 0 Å². The van der Waals surface area contributed by atoms with Crippen LogP contribution in [0, 0.1) is 12.1 Å². The number of aromatic nitrogens is 2. The summed E-state index contributed by atoms with van der Waals surface area (Å²) in [4.78, 5) is 0. The lowest BCUT2D eigenvalue weighted by Gasteiger charge is -2.09. The van der Waals surface area contributed by atoms with E-state index in [2.05, 4.69) is 45.8 Å². The molecule has 0 spiro atoms. The van der Waals surface area contributed by atoms with Gasteiger partial charge in [0.05, 0.1) is 10.2 Å². The first-order valence-electron chi connectivity index (χ1n) is 4.82. The van der Waals surface area contributed by atoms with Crippen LogP contribution in [0.4, 0.5) is 0 Å². The first kappa shape index (κ1) is 9.25. The molecule has 1 radical (unpaired) electrons. The summed E-state index contributed by atoms with van der Waals surface area (Å²) in [6.07, 6.45) is 5.62. The molecular formula is C10H14BrN2. The van der Waals surface area contributed by atoms with Crippen molar-refractivity contribution in [1.82, 2.24) is 9.78 Å². The van der Waals surface area contributed by atoms with Crippen molar-refractivity contribution in [1.29, 1.82) is 0 Å². The quantitative estimate of drug-likeness (QED) is 0.796. The molecule has 1 aromatic heterocycles. The van der Waals surface area contributed by atoms with E-state index < -0.39 is 0 Å². The number of nitrogens with zero attached hydrogens (tertiary/aromatic N) is 2. The van der Waals surface area contributed by atoms with Crippen molar-refractivity contribution in [2.24, 2.45) is 5.92 Å². The van der Waals surface area contributed by atoms with Crippen LogP contribution < -0.4 is 0 Å². The molecule has 1 heterocycles. The molecule has 0 amide bonds. The van der Waals surface area contributed by atoms with E-state index in [1.165, 1.54) is 18.5 Å². The minimum Gasteiger partial charge on any atom is -0.267 e. The predicted molar refractivity (Wildman–Crippen MR) is 55.6 cm³/mol. The molecule has 1 aliphatic carbocycles. The molecular weight excluding hydrogens is 228 g/mol. The maximum absolute atomic E-state index is 4.26. The average molecular weight is 242 g/mol. The summed E-state index contributed by atoms with van der Waals surface area (Å²) < 4.78 is 3.17. The van der Waals surface area contributed by atoms with Crippen molar-refractivity contribution in [3.63, 3.8) is 0 Å². The summed E-state index contributed by atoms with van der Waals surface area (Å²) >= 11 is 3.51. The van der Waals surface area contributed by atoms with E-state index in [9.17, 15) is 0 Å². The highest BCUT2D eigenvalue weighted by Gasteiger charge is 2.29. The van der Waals surface area contributed by atoms with Gasteiger partial charge in [0.1, 0.15) is 6.20 Å². The molecule has 0 atom stereocenters. The summed E-state index contributed by atoms with van der Waals surface area (Å²) in [6.45, 7) is 5.44. The Morgan fingerprint density at radius 3 is 2.85 bits per heavy atom. The van der Waals surface area contributed by atoms with Crippen molar-refractivity contribution >= 4 is 15.9 Å². The average Bonchev–Trinajstić information content (AvgIpc) is 2.79. The molecule has 1 aliphatic rings. The molecule has 1 saturated carbocycles. The maximum atomic E-state index is 4.26. The third-order valence-corrected chi connectivity index (χ3v) is 2.86. The second kappa shape index (κ2) is 3.45. The van der Waals surface area contributed by atoms with Gasteiger partial charge in [-0.1, -0.05) is 13.8 Å². The first-order chi connectivity index (χ1) is 6.18. The number of rotatable bonds is 3. The minimum absolute atomic E-state index is 0.651. The van der Waals surface area contributed by atoms with E-state index in [-0.39, 0.29) is 0 Å². The summed E-state index contributed by atoms with van der Waals surface area (Å²) in [7, 11) is 0. The van der Waals surface area contributed by atoms with E-state index in [1.54, 1.807) is 0 Å². The van der Waals surface area contributed by atoms with Crippen LogP contribution in [-0.2, 0) is 6.54 Å². The van der Waals surface area contributed by atoms with Gasteiger partial charge in [0.2, 0.25) is 0 Å². The normalized spacial score (nSPS) is 16.9. The highest BCUT2D eigenvalue weighted by atomic mass is 79.9. The van der Waals surface area contributed by atoms with Crippen LogP contribution in [0.25, 0.3) is 0 Å². The molecule has 0 aliphatic heterocycles.